The lowest BCUT2D eigenvalue weighted by Crippen LogP contribution is -2.63. The highest BCUT2D eigenvalue weighted by Gasteiger charge is 2.43. The molecule has 0 aromatic heterocycles. The van der Waals surface area contributed by atoms with E-state index in [1.807, 2.05) is 48.5 Å². The smallest absolute Gasteiger partial charge is 0.408 e. The first-order chi connectivity index (χ1) is 15.8. The summed E-state index contributed by atoms with van der Waals surface area (Å²) in [6.45, 7) is 3.10. The Morgan fingerprint density at radius 1 is 1.09 bits per heavy atom. The number of fused-ring (bicyclic) bond motifs is 3. The van der Waals surface area contributed by atoms with E-state index >= 15 is 0 Å². The Bertz CT molecular complexity index is 994. The van der Waals surface area contributed by atoms with Crippen molar-refractivity contribution in [2.75, 3.05) is 27.4 Å². The predicted molar refractivity (Wildman–Crippen MR) is 123 cm³/mol. The van der Waals surface area contributed by atoms with E-state index in [1.165, 1.54) is 21.1 Å². The van der Waals surface area contributed by atoms with Crippen LogP contribution < -0.4 is 5.32 Å². The fourth-order valence-corrected chi connectivity index (χ4v) is 4.25. The molecule has 1 aliphatic rings. The van der Waals surface area contributed by atoms with Crippen molar-refractivity contribution in [3.05, 3.63) is 59.7 Å². The molecule has 2 N–H and O–H groups in total. The van der Waals surface area contributed by atoms with Crippen LogP contribution in [0.15, 0.2) is 48.5 Å². The molecule has 8 nitrogen and oxygen atoms in total. The fourth-order valence-electron chi connectivity index (χ4n) is 4.25. The van der Waals surface area contributed by atoms with Gasteiger partial charge in [0.2, 0.25) is 0 Å². The monoisotopic (exact) mass is 454 g/mol. The van der Waals surface area contributed by atoms with Crippen LogP contribution in [-0.4, -0.2) is 66.9 Å². The normalized spacial score (nSPS) is 15.0. The highest BCUT2D eigenvalue weighted by Crippen LogP contribution is 2.44. The Morgan fingerprint density at radius 3 is 2.12 bits per heavy atom. The van der Waals surface area contributed by atoms with E-state index in [-0.39, 0.29) is 25.6 Å². The van der Waals surface area contributed by atoms with Gasteiger partial charge in [-0.25, -0.2) is 9.59 Å². The summed E-state index contributed by atoms with van der Waals surface area (Å²) in [6.07, 6.45) is -0.568. The van der Waals surface area contributed by atoms with Gasteiger partial charge in [0.1, 0.15) is 18.2 Å². The first-order valence-corrected chi connectivity index (χ1v) is 10.9. The van der Waals surface area contributed by atoms with Gasteiger partial charge in [-0.3, -0.25) is 4.79 Å². The van der Waals surface area contributed by atoms with Crippen LogP contribution in [0.25, 0.3) is 11.1 Å². The van der Waals surface area contributed by atoms with Gasteiger partial charge in [-0.2, -0.15) is 0 Å². The van der Waals surface area contributed by atoms with E-state index in [4.69, 9.17) is 9.47 Å². The molecule has 2 amide bonds. The summed E-state index contributed by atoms with van der Waals surface area (Å²) in [5, 5.41) is 11.9. The van der Waals surface area contributed by atoms with Crippen LogP contribution >= 0.6 is 0 Å². The molecular weight excluding hydrogens is 424 g/mol. The molecule has 3 rings (SSSR count). The Morgan fingerprint density at radius 2 is 1.64 bits per heavy atom. The van der Waals surface area contributed by atoms with Gasteiger partial charge in [-0.15, -0.1) is 0 Å². The number of ether oxygens (including phenoxy) is 2. The molecule has 176 valence electrons. The summed E-state index contributed by atoms with van der Waals surface area (Å²) in [5.41, 5.74) is 2.94. The number of likely N-dealkylation sites (N-methyl/N-ethyl adjacent to an activating group) is 1. The Hall–Kier alpha value is -3.39. The minimum absolute atomic E-state index is 0.0994. The average Bonchev–Trinajstić information content (AvgIpc) is 3.14. The number of hydrogen-bond acceptors (Lipinski definition) is 5. The Labute approximate surface area is 193 Å². The van der Waals surface area contributed by atoms with Crippen molar-refractivity contribution < 1.29 is 29.0 Å². The predicted octanol–water partition coefficient (Wildman–Crippen LogP) is 3.25. The zero-order valence-corrected chi connectivity index (χ0v) is 19.3. The number of nitrogens with zero attached hydrogens (tertiary/aromatic N) is 1. The highest BCUT2D eigenvalue weighted by atomic mass is 16.5. The summed E-state index contributed by atoms with van der Waals surface area (Å²) < 4.78 is 10.8. The van der Waals surface area contributed by atoms with Crippen LogP contribution in [-0.2, 0) is 19.1 Å². The second kappa shape index (κ2) is 10.0. The highest BCUT2D eigenvalue weighted by molar-refractivity contribution is 5.92. The molecule has 0 saturated heterocycles. The van der Waals surface area contributed by atoms with Crippen LogP contribution in [0.1, 0.15) is 37.3 Å². The van der Waals surface area contributed by atoms with Crippen molar-refractivity contribution in [2.45, 2.75) is 37.8 Å². The summed E-state index contributed by atoms with van der Waals surface area (Å²) in [4.78, 5) is 38.4. The van der Waals surface area contributed by atoms with Crippen molar-refractivity contribution in [3.8, 4) is 11.1 Å². The largest absolute Gasteiger partial charge is 0.480 e. The molecule has 2 atom stereocenters. The number of hydrogen-bond donors (Lipinski definition) is 2. The Balaban J connectivity index is 1.76. The van der Waals surface area contributed by atoms with Crippen LogP contribution in [0.3, 0.4) is 0 Å². The van der Waals surface area contributed by atoms with E-state index in [0.717, 1.165) is 27.2 Å². The number of alkyl carbamates (subject to hydrolysis) is 1. The molecule has 2 aromatic rings. The van der Waals surface area contributed by atoms with Gasteiger partial charge in [0, 0.05) is 20.1 Å². The summed E-state index contributed by atoms with van der Waals surface area (Å²) >= 11 is 0. The standard InChI is InChI=1S/C25H30N2O6/c1-5-25(15-32-4,23(30)27(3)16(2)22(28)29)26-24(31)33-14-21-19-12-8-6-10-17(19)18-11-7-9-13-20(18)21/h6-13,16,21H,5,14-15H2,1-4H3,(H,26,31)(H,28,29). The topological polar surface area (TPSA) is 105 Å². The molecule has 0 saturated carbocycles. The quantitative estimate of drug-likeness (QED) is 0.603. The summed E-state index contributed by atoms with van der Waals surface area (Å²) in [6, 6.07) is 14.9. The van der Waals surface area contributed by atoms with Crippen molar-refractivity contribution in [3.63, 3.8) is 0 Å². The molecule has 2 aromatic carbocycles. The van der Waals surface area contributed by atoms with E-state index in [2.05, 4.69) is 5.32 Å². The van der Waals surface area contributed by atoms with Crippen molar-refractivity contribution >= 4 is 18.0 Å². The van der Waals surface area contributed by atoms with E-state index in [9.17, 15) is 19.5 Å². The summed E-state index contributed by atoms with van der Waals surface area (Å²) in [7, 11) is 2.80. The Kier molecular flexibility index (Phi) is 7.38. The maximum Gasteiger partial charge on any atom is 0.408 e. The molecular formula is C25H30N2O6. The second-order valence-electron chi connectivity index (χ2n) is 8.25. The number of carboxylic acid groups (broad SMARTS) is 1. The first-order valence-electron chi connectivity index (χ1n) is 10.9. The van der Waals surface area contributed by atoms with Gasteiger partial charge in [-0.1, -0.05) is 55.5 Å². The number of amides is 2. The molecule has 0 spiro atoms. The summed E-state index contributed by atoms with van der Waals surface area (Å²) in [5.74, 6) is -1.82. The maximum atomic E-state index is 13.2. The number of benzene rings is 2. The van der Waals surface area contributed by atoms with Gasteiger partial charge in [0.25, 0.3) is 5.91 Å². The van der Waals surface area contributed by atoms with Crippen molar-refractivity contribution in [1.82, 2.24) is 10.2 Å². The van der Waals surface area contributed by atoms with Crippen molar-refractivity contribution in [2.24, 2.45) is 0 Å². The third kappa shape index (κ3) is 4.71. The third-order valence-electron chi connectivity index (χ3n) is 6.35. The molecule has 0 radical (unpaired) electrons. The molecule has 0 aliphatic heterocycles. The number of carbonyl (C=O) groups excluding carboxylic acids is 2. The number of methoxy groups -OCH3 is 1. The van der Waals surface area contributed by atoms with Crippen LogP contribution in [0, 0.1) is 0 Å². The van der Waals surface area contributed by atoms with Gasteiger partial charge in [-0.05, 0) is 35.6 Å². The third-order valence-corrected chi connectivity index (χ3v) is 6.35. The average molecular weight is 455 g/mol. The number of carboxylic acids is 1. The fraction of sp³-hybridized carbons (Fsp3) is 0.400. The van der Waals surface area contributed by atoms with Crippen molar-refractivity contribution in [1.29, 1.82) is 0 Å². The molecule has 2 unspecified atom stereocenters. The van der Waals surface area contributed by atoms with Gasteiger partial charge < -0.3 is 24.8 Å². The number of carbonyl (C=O) groups is 3. The van der Waals surface area contributed by atoms with Gasteiger partial charge in [0.15, 0.2) is 0 Å². The zero-order chi connectivity index (χ0) is 24.2. The molecule has 0 fully saturated rings. The maximum absolute atomic E-state index is 13.2. The lowest BCUT2D eigenvalue weighted by Gasteiger charge is -2.36. The van der Waals surface area contributed by atoms with Crippen LogP contribution in [0.5, 0.6) is 0 Å². The lowest BCUT2D eigenvalue weighted by atomic mass is 9.94. The molecule has 1 aliphatic carbocycles. The molecule has 33 heavy (non-hydrogen) atoms. The minimum Gasteiger partial charge on any atom is -0.480 e. The molecule has 0 bridgehead atoms. The van der Waals surface area contributed by atoms with Crippen LogP contribution in [0.2, 0.25) is 0 Å². The van der Waals surface area contributed by atoms with E-state index < -0.39 is 29.6 Å². The molecule has 8 heteroatoms. The first kappa shape index (κ1) is 24.3. The number of aliphatic carboxylic acids is 1. The number of nitrogens with one attached hydrogen (secondary N) is 1. The zero-order valence-electron chi connectivity index (χ0n) is 19.3. The lowest BCUT2D eigenvalue weighted by molar-refractivity contribution is -0.152. The molecule has 0 heterocycles. The SMILES string of the molecule is CCC(COC)(NC(=O)OCC1c2ccccc2-c2ccccc21)C(=O)N(C)C(C)C(=O)O. The van der Waals surface area contributed by atoms with Gasteiger partial charge in [0.05, 0.1) is 6.61 Å². The van der Waals surface area contributed by atoms with Crippen LogP contribution in [0.4, 0.5) is 4.79 Å². The van der Waals surface area contributed by atoms with Gasteiger partial charge >= 0.3 is 12.1 Å². The van der Waals surface area contributed by atoms with E-state index in [1.54, 1.807) is 6.92 Å². The number of rotatable bonds is 9. The second-order valence-corrected chi connectivity index (χ2v) is 8.25. The van der Waals surface area contributed by atoms with E-state index in [0.29, 0.717) is 0 Å². The minimum atomic E-state index is -1.45.